The lowest BCUT2D eigenvalue weighted by molar-refractivity contribution is 0.255. The molecule has 0 spiro atoms. The monoisotopic (exact) mass is 410 g/mol. The molecular formula is C17H20Br2N2. The van der Waals surface area contributed by atoms with E-state index in [-0.39, 0.29) is 0 Å². The van der Waals surface area contributed by atoms with Gasteiger partial charge in [0.05, 0.1) is 0 Å². The fourth-order valence-electron chi connectivity index (χ4n) is 2.27. The average Bonchev–Trinajstić information content (AvgIpc) is 2.49. The highest BCUT2D eigenvalue weighted by atomic mass is 79.9. The standard InChI is InChI=1S/C17H20Br2N2/c18-16-8-7-15(11-17(16)19)13-21(10-4-9-20)12-14-5-2-1-3-6-14/h1-3,5-8,11H,4,9-10,12-13,20H2. The molecule has 0 saturated heterocycles. The number of hydrogen-bond donors (Lipinski definition) is 1. The van der Waals surface area contributed by atoms with Gasteiger partial charge >= 0.3 is 0 Å². The SMILES string of the molecule is NCCCN(Cc1ccccc1)Cc1ccc(Br)c(Br)c1. The number of rotatable bonds is 7. The molecule has 0 aliphatic heterocycles. The summed E-state index contributed by atoms with van der Waals surface area (Å²) in [5.74, 6) is 0. The Balaban J connectivity index is 2.06. The number of hydrogen-bond acceptors (Lipinski definition) is 2. The Morgan fingerprint density at radius 1 is 0.857 bits per heavy atom. The van der Waals surface area contributed by atoms with Gasteiger partial charge in [0.1, 0.15) is 0 Å². The summed E-state index contributed by atoms with van der Waals surface area (Å²) in [7, 11) is 0. The second-order valence-corrected chi connectivity index (χ2v) is 6.80. The first-order valence-corrected chi connectivity index (χ1v) is 8.68. The van der Waals surface area contributed by atoms with E-state index in [1.165, 1.54) is 11.1 Å². The van der Waals surface area contributed by atoms with Crippen molar-refractivity contribution in [3.05, 3.63) is 68.6 Å². The van der Waals surface area contributed by atoms with E-state index in [1.807, 2.05) is 0 Å². The van der Waals surface area contributed by atoms with Gasteiger partial charge in [0.25, 0.3) is 0 Å². The molecule has 0 unspecified atom stereocenters. The van der Waals surface area contributed by atoms with Crippen LogP contribution in [-0.4, -0.2) is 18.0 Å². The predicted octanol–water partition coefficient (Wildman–Crippen LogP) is 4.56. The maximum Gasteiger partial charge on any atom is 0.0320 e. The summed E-state index contributed by atoms with van der Waals surface area (Å²) in [6.45, 7) is 3.63. The van der Waals surface area contributed by atoms with Crippen LogP contribution in [0.4, 0.5) is 0 Å². The molecule has 112 valence electrons. The van der Waals surface area contributed by atoms with Crippen LogP contribution in [0.25, 0.3) is 0 Å². The van der Waals surface area contributed by atoms with Crippen molar-refractivity contribution in [2.45, 2.75) is 19.5 Å². The molecule has 2 nitrogen and oxygen atoms in total. The normalized spacial score (nSPS) is 11.0. The molecule has 0 saturated carbocycles. The minimum Gasteiger partial charge on any atom is -0.330 e. The summed E-state index contributed by atoms with van der Waals surface area (Å²) >= 11 is 7.08. The summed E-state index contributed by atoms with van der Waals surface area (Å²) in [4.78, 5) is 2.44. The van der Waals surface area contributed by atoms with Gasteiger partial charge in [0.15, 0.2) is 0 Å². The van der Waals surface area contributed by atoms with Crippen molar-refractivity contribution in [2.24, 2.45) is 5.73 Å². The van der Waals surface area contributed by atoms with E-state index < -0.39 is 0 Å². The maximum atomic E-state index is 5.67. The number of nitrogens with zero attached hydrogens (tertiary/aromatic N) is 1. The first kappa shape index (κ1) is 16.7. The first-order valence-electron chi connectivity index (χ1n) is 7.09. The van der Waals surface area contributed by atoms with Gasteiger partial charge in [-0.1, -0.05) is 36.4 Å². The molecule has 0 radical (unpaired) electrons. The molecule has 21 heavy (non-hydrogen) atoms. The highest BCUT2D eigenvalue weighted by Gasteiger charge is 2.08. The predicted molar refractivity (Wildman–Crippen MR) is 96.1 cm³/mol. The molecule has 0 aliphatic carbocycles. The quantitative estimate of drug-likeness (QED) is 0.723. The van der Waals surface area contributed by atoms with Crippen LogP contribution in [0.5, 0.6) is 0 Å². The highest BCUT2D eigenvalue weighted by molar-refractivity contribution is 9.13. The van der Waals surface area contributed by atoms with Crippen LogP contribution < -0.4 is 5.73 Å². The third-order valence-corrected chi connectivity index (χ3v) is 5.20. The Kier molecular flexibility index (Phi) is 6.90. The van der Waals surface area contributed by atoms with Crippen molar-refractivity contribution in [3.63, 3.8) is 0 Å². The molecule has 2 aromatic rings. The van der Waals surface area contributed by atoms with Crippen LogP contribution in [0.3, 0.4) is 0 Å². The van der Waals surface area contributed by atoms with E-state index in [0.717, 1.165) is 41.5 Å². The minimum absolute atomic E-state index is 0.731. The Morgan fingerprint density at radius 2 is 1.57 bits per heavy atom. The molecule has 0 fully saturated rings. The Bertz CT molecular complexity index is 558. The van der Waals surface area contributed by atoms with E-state index in [2.05, 4.69) is 85.3 Å². The first-order chi connectivity index (χ1) is 10.2. The second kappa shape index (κ2) is 8.69. The maximum absolute atomic E-state index is 5.67. The average molecular weight is 412 g/mol. The van der Waals surface area contributed by atoms with Gasteiger partial charge in [-0.05, 0) is 68.1 Å². The van der Waals surface area contributed by atoms with Gasteiger partial charge in [-0.15, -0.1) is 0 Å². The van der Waals surface area contributed by atoms with Gasteiger partial charge in [-0.25, -0.2) is 0 Å². The molecule has 2 aromatic carbocycles. The lowest BCUT2D eigenvalue weighted by Crippen LogP contribution is -2.25. The topological polar surface area (TPSA) is 29.3 Å². The fraction of sp³-hybridized carbons (Fsp3) is 0.294. The summed E-state index contributed by atoms with van der Waals surface area (Å²) in [5.41, 5.74) is 8.31. The lowest BCUT2D eigenvalue weighted by Gasteiger charge is -2.22. The Morgan fingerprint density at radius 3 is 2.24 bits per heavy atom. The molecule has 4 heteroatoms. The largest absolute Gasteiger partial charge is 0.330 e. The minimum atomic E-state index is 0.731. The third-order valence-electron chi connectivity index (χ3n) is 3.32. The van der Waals surface area contributed by atoms with E-state index in [0.29, 0.717) is 0 Å². The van der Waals surface area contributed by atoms with E-state index in [1.54, 1.807) is 0 Å². The van der Waals surface area contributed by atoms with Crippen molar-refractivity contribution >= 4 is 31.9 Å². The van der Waals surface area contributed by atoms with Crippen LogP contribution >= 0.6 is 31.9 Å². The molecule has 0 aromatic heterocycles. The van der Waals surface area contributed by atoms with Crippen LogP contribution in [0.15, 0.2) is 57.5 Å². The molecule has 2 rings (SSSR count). The van der Waals surface area contributed by atoms with Crippen molar-refractivity contribution in [2.75, 3.05) is 13.1 Å². The molecular weight excluding hydrogens is 392 g/mol. The molecule has 2 N–H and O–H groups in total. The van der Waals surface area contributed by atoms with Gasteiger partial charge < -0.3 is 5.73 Å². The molecule has 0 heterocycles. The van der Waals surface area contributed by atoms with E-state index in [9.17, 15) is 0 Å². The van der Waals surface area contributed by atoms with Crippen LogP contribution in [0, 0.1) is 0 Å². The van der Waals surface area contributed by atoms with Crippen LogP contribution in [0.2, 0.25) is 0 Å². The molecule has 0 atom stereocenters. The smallest absolute Gasteiger partial charge is 0.0320 e. The third kappa shape index (κ3) is 5.55. The van der Waals surface area contributed by atoms with E-state index >= 15 is 0 Å². The van der Waals surface area contributed by atoms with Crippen molar-refractivity contribution in [3.8, 4) is 0 Å². The van der Waals surface area contributed by atoms with Crippen molar-refractivity contribution in [1.29, 1.82) is 0 Å². The highest BCUT2D eigenvalue weighted by Crippen LogP contribution is 2.24. The summed E-state index contributed by atoms with van der Waals surface area (Å²) < 4.78 is 2.18. The number of benzene rings is 2. The Hall–Kier alpha value is -0.680. The molecule has 0 bridgehead atoms. The van der Waals surface area contributed by atoms with Crippen LogP contribution in [0.1, 0.15) is 17.5 Å². The fourth-order valence-corrected chi connectivity index (χ4v) is 2.94. The zero-order chi connectivity index (χ0) is 15.1. The van der Waals surface area contributed by atoms with Gasteiger partial charge in [-0.2, -0.15) is 0 Å². The Labute approximate surface area is 143 Å². The zero-order valence-electron chi connectivity index (χ0n) is 11.9. The van der Waals surface area contributed by atoms with Gasteiger partial charge in [0, 0.05) is 28.6 Å². The molecule has 0 aliphatic rings. The summed E-state index contributed by atoms with van der Waals surface area (Å²) in [6, 6.07) is 17.0. The second-order valence-electron chi connectivity index (χ2n) is 5.09. The lowest BCUT2D eigenvalue weighted by atomic mass is 10.1. The van der Waals surface area contributed by atoms with Crippen molar-refractivity contribution < 1.29 is 0 Å². The number of halogens is 2. The number of nitrogens with two attached hydrogens (primary N) is 1. The zero-order valence-corrected chi connectivity index (χ0v) is 15.1. The van der Waals surface area contributed by atoms with Crippen LogP contribution in [-0.2, 0) is 13.1 Å². The van der Waals surface area contributed by atoms with E-state index in [4.69, 9.17) is 5.73 Å². The summed E-state index contributed by atoms with van der Waals surface area (Å²) in [5, 5.41) is 0. The molecule has 0 amide bonds. The van der Waals surface area contributed by atoms with Gasteiger partial charge in [0.2, 0.25) is 0 Å². The summed E-state index contributed by atoms with van der Waals surface area (Å²) in [6.07, 6.45) is 1.02. The van der Waals surface area contributed by atoms with Crippen molar-refractivity contribution in [1.82, 2.24) is 4.90 Å². The van der Waals surface area contributed by atoms with Gasteiger partial charge in [-0.3, -0.25) is 4.90 Å².